The lowest BCUT2D eigenvalue weighted by molar-refractivity contribution is 0.461. The molecule has 5 heteroatoms. The Morgan fingerprint density at radius 1 is 0.889 bits per heavy atom. The van der Waals surface area contributed by atoms with E-state index in [1.165, 1.54) is 37.7 Å². The van der Waals surface area contributed by atoms with Gasteiger partial charge >= 0.3 is 0 Å². The maximum absolute atomic E-state index is 4.74. The van der Waals surface area contributed by atoms with Gasteiger partial charge in [0.15, 0.2) is 0 Å². The summed E-state index contributed by atoms with van der Waals surface area (Å²) in [5.41, 5.74) is 3.89. The number of aryl methyl sites for hydroxylation is 1. The number of anilines is 3. The van der Waals surface area contributed by atoms with E-state index in [0.29, 0.717) is 12.0 Å². The van der Waals surface area contributed by atoms with Gasteiger partial charge in [0.25, 0.3) is 0 Å². The van der Waals surface area contributed by atoms with Crippen molar-refractivity contribution in [1.29, 1.82) is 0 Å². The second-order valence-corrected chi connectivity index (χ2v) is 7.10. The van der Waals surface area contributed by atoms with E-state index in [2.05, 4.69) is 34.7 Å². The Kier molecular flexibility index (Phi) is 5.28. The van der Waals surface area contributed by atoms with Crippen molar-refractivity contribution in [2.45, 2.75) is 45.1 Å². The number of aromatic nitrogens is 3. The number of hydrogen-bond acceptors (Lipinski definition) is 5. The zero-order chi connectivity index (χ0) is 18.5. The fourth-order valence-electron chi connectivity index (χ4n) is 3.50. The highest BCUT2D eigenvalue weighted by molar-refractivity contribution is 5.66. The van der Waals surface area contributed by atoms with E-state index >= 15 is 0 Å². The van der Waals surface area contributed by atoms with Crippen molar-refractivity contribution in [3.05, 3.63) is 60.3 Å². The molecule has 1 aliphatic rings. The Labute approximate surface area is 160 Å². The molecular formula is C22H25N5. The number of nitrogens with zero attached hydrogens (tertiary/aromatic N) is 3. The van der Waals surface area contributed by atoms with Crippen LogP contribution in [0, 0.1) is 6.92 Å². The molecule has 0 amide bonds. The van der Waals surface area contributed by atoms with Crippen LogP contribution < -0.4 is 10.6 Å². The highest BCUT2D eigenvalue weighted by Crippen LogP contribution is 2.26. The Morgan fingerprint density at radius 3 is 2.48 bits per heavy atom. The molecule has 1 aliphatic carbocycles. The van der Waals surface area contributed by atoms with E-state index in [9.17, 15) is 0 Å². The lowest BCUT2D eigenvalue weighted by Crippen LogP contribution is -2.23. The number of hydrogen-bond donors (Lipinski definition) is 2. The van der Waals surface area contributed by atoms with Crippen LogP contribution in [0.1, 0.15) is 37.7 Å². The first-order valence-corrected chi connectivity index (χ1v) is 9.67. The lowest BCUT2D eigenvalue weighted by Gasteiger charge is -2.23. The highest BCUT2D eigenvalue weighted by Gasteiger charge is 2.16. The van der Waals surface area contributed by atoms with Gasteiger partial charge in [-0.1, -0.05) is 43.5 Å². The number of pyridine rings is 1. The number of rotatable bonds is 5. The molecule has 4 rings (SSSR count). The summed E-state index contributed by atoms with van der Waals surface area (Å²) in [5.74, 6) is 1.44. The number of para-hydroxylation sites is 1. The summed E-state index contributed by atoms with van der Waals surface area (Å²) in [7, 11) is 0. The van der Waals surface area contributed by atoms with Gasteiger partial charge in [-0.25, -0.2) is 4.98 Å². The molecule has 0 saturated heterocycles. The molecule has 138 valence electrons. The summed E-state index contributed by atoms with van der Waals surface area (Å²) in [5, 5.41) is 6.98. The molecule has 0 bridgehead atoms. The Balaban J connectivity index is 1.66. The molecule has 5 nitrogen and oxygen atoms in total. The maximum Gasteiger partial charge on any atom is 0.225 e. The normalized spacial score (nSPS) is 14.7. The molecule has 0 aliphatic heterocycles. The quantitative estimate of drug-likeness (QED) is 0.644. The molecule has 3 aromatic rings. The Hall–Kier alpha value is -2.95. The third-order valence-electron chi connectivity index (χ3n) is 5.00. The van der Waals surface area contributed by atoms with Crippen molar-refractivity contribution >= 4 is 17.5 Å². The molecular weight excluding hydrogens is 334 g/mol. The van der Waals surface area contributed by atoms with Crippen LogP contribution in [0.3, 0.4) is 0 Å². The lowest BCUT2D eigenvalue weighted by atomic mass is 9.96. The minimum Gasteiger partial charge on any atom is -0.351 e. The summed E-state index contributed by atoms with van der Waals surface area (Å²) in [6, 6.07) is 16.5. The van der Waals surface area contributed by atoms with Crippen molar-refractivity contribution in [3.8, 4) is 11.4 Å². The predicted octanol–water partition coefficient (Wildman–Crippen LogP) is 5.34. The minimum absolute atomic E-state index is 0.448. The van der Waals surface area contributed by atoms with Gasteiger partial charge < -0.3 is 10.6 Å². The zero-order valence-electron chi connectivity index (χ0n) is 15.7. The van der Waals surface area contributed by atoms with Crippen LogP contribution in [0.5, 0.6) is 0 Å². The van der Waals surface area contributed by atoms with Crippen LogP contribution in [0.4, 0.5) is 17.5 Å². The summed E-state index contributed by atoms with van der Waals surface area (Å²) in [6.45, 7) is 2.09. The van der Waals surface area contributed by atoms with Crippen molar-refractivity contribution in [3.63, 3.8) is 0 Å². The van der Waals surface area contributed by atoms with Crippen molar-refractivity contribution < 1.29 is 0 Å². The van der Waals surface area contributed by atoms with Crippen LogP contribution in [-0.4, -0.2) is 21.0 Å². The predicted molar refractivity (Wildman–Crippen MR) is 110 cm³/mol. The average Bonchev–Trinajstić information content (AvgIpc) is 2.71. The van der Waals surface area contributed by atoms with Gasteiger partial charge in [-0.3, -0.25) is 4.98 Å². The van der Waals surface area contributed by atoms with Gasteiger partial charge in [-0.15, -0.1) is 0 Å². The SMILES string of the molecule is Cc1ccccc1Nc1cc(-c2ccccn2)nc(NC2CCCCC2)n1. The molecule has 0 atom stereocenters. The van der Waals surface area contributed by atoms with Gasteiger partial charge in [0, 0.05) is 24.0 Å². The Morgan fingerprint density at radius 2 is 1.70 bits per heavy atom. The molecule has 2 heterocycles. The van der Waals surface area contributed by atoms with Crippen LogP contribution in [0.15, 0.2) is 54.7 Å². The van der Waals surface area contributed by atoms with Gasteiger partial charge in [0.05, 0.1) is 11.4 Å². The standard InChI is InChI=1S/C22H25N5/c1-16-9-5-6-12-18(16)25-21-15-20(19-13-7-8-14-23-19)26-22(27-21)24-17-10-3-2-4-11-17/h5-9,12-15,17H,2-4,10-11H2,1H3,(H2,24,25,26,27). The maximum atomic E-state index is 4.74. The van der Waals surface area contributed by atoms with Gasteiger partial charge in [0.1, 0.15) is 5.82 Å². The molecule has 1 fully saturated rings. The first-order valence-electron chi connectivity index (χ1n) is 9.67. The minimum atomic E-state index is 0.448. The van der Waals surface area contributed by atoms with Crippen molar-refractivity contribution in [1.82, 2.24) is 15.0 Å². The summed E-state index contributed by atoms with van der Waals surface area (Å²) < 4.78 is 0. The van der Waals surface area contributed by atoms with Gasteiger partial charge in [-0.05, 0) is 43.5 Å². The molecule has 0 unspecified atom stereocenters. The molecule has 0 radical (unpaired) electrons. The smallest absolute Gasteiger partial charge is 0.225 e. The van der Waals surface area contributed by atoms with Crippen molar-refractivity contribution in [2.24, 2.45) is 0 Å². The van der Waals surface area contributed by atoms with Crippen LogP contribution in [0.2, 0.25) is 0 Å². The molecule has 1 aromatic carbocycles. The fraction of sp³-hybridized carbons (Fsp3) is 0.318. The molecule has 2 N–H and O–H groups in total. The molecule has 0 spiro atoms. The first-order chi connectivity index (χ1) is 13.3. The second-order valence-electron chi connectivity index (χ2n) is 7.10. The van der Waals surface area contributed by atoms with E-state index in [1.54, 1.807) is 6.20 Å². The average molecular weight is 359 g/mol. The number of nitrogens with one attached hydrogen (secondary N) is 2. The summed E-state index contributed by atoms with van der Waals surface area (Å²) >= 11 is 0. The van der Waals surface area contributed by atoms with E-state index in [-0.39, 0.29) is 0 Å². The molecule has 2 aromatic heterocycles. The molecule has 1 saturated carbocycles. The largest absolute Gasteiger partial charge is 0.351 e. The highest BCUT2D eigenvalue weighted by atomic mass is 15.2. The summed E-state index contributed by atoms with van der Waals surface area (Å²) in [4.78, 5) is 13.9. The first kappa shape index (κ1) is 17.5. The fourth-order valence-corrected chi connectivity index (χ4v) is 3.50. The third-order valence-corrected chi connectivity index (χ3v) is 5.00. The molecule has 27 heavy (non-hydrogen) atoms. The van der Waals surface area contributed by atoms with Crippen molar-refractivity contribution in [2.75, 3.05) is 10.6 Å². The van der Waals surface area contributed by atoms with E-state index in [4.69, 9.17) is 9.97 Å². The van der Waals surface area contributed by atoms with E-state index in [1.807, 2.05) is 36.4 Å². The van der Waals surface area contributed by atoms with E-state index in [0.717, 1.165) is 22.9 Å². The topological polar surface area (TPSA) is 62.7 Å². The second kappa shape index (κ2) is 8.16. The van der Waals surface area contributed by atoms with Gasteiger partial charge in [0.2, 0.25) is 5.95 Å². The van der Waals surface area contributed by atoms with Crippen LogP contribution in [-0.2, 0) is 0 Å². The third kappa shape index (κ3) is 4.42. The monoisotopic (exact) mass is 359 g/mol. The Bertz CT molecular complexity index is 888. The summed E-state index contributed by atoms with van der Waals surface area (Å²) in [6.07, 6.45) is 8.01. The number of benzene rings is 1. The van der Waals surface area contributed by atoms with E-state index < -0.39 is 0 Å². The van der Waals surface area contributed by atoms with Crippen LogP contribution in [0.25, 0.3) is 11.4 Å². The van der Waals surface area contributed by atoms with Crippen LogP contribution >= 0.6 is 0 Å². The zero-order valence-corrected chi connectivity index (χ0v) is 15.7. The van der Waals surface area contributed by atoms with Gasteiger partial charge in [-0.2, -0.15) is 4.98 Å².